The molecule has 2 aromatic carbocycles. The Balaban J connectivity index is 2.06. The Morgan fingerprint density at radius 3 is 2.24 bits per heavy atom. The van der Waals surface area contributed by atoms with E-state index in [1.807, 2.05) is 12.1 Å². The van der Waals surface area contributed by atoms with Crippen molar-refractivity contribution in [3.63, 3.8) is 0 Å². The van der Waals surface area contributed by atoms with Gasteiger partial charge in [-0.3, -0.25) is 4.79 Å². The Hall–Kier alpha value is -2.82. The summed E-state index contributed by atoms with van der Waals surface area (Å²) >= 11 is 0. The summed E-state index contributed by atoms with van der Waals surface area (Å²) in [5, 5.41) is 13.6. The molecule has 0 heterocycles. The summed E-state index contributed by atoms with van der Waals surface area (Å²) in [5.41, 5.74) is 0.853. The van der Waals surface area contributed by atoms with Crippen molar-refractivity contribution in [3.05, 3.63) is 65.2 Å². The summed E-state index contributed by atoms with van der Waals surface area (Å²) in [4.78, 5) is 23.0. The maximum atomic E-state index is 12.0. The molecule has 0 saturated heterocycles. The average Bonchev–Trinajstić information content (AvgIpc) is 2.53. The van der Waals surface area contributed by atoms with Gasteiger partial charge in [-0.15, -0.1) is 0 Å². The minimum atomic E-state index is -1.37. The number of carbonyl (C=O) groups excluding carboxylic acids is 2. The second-order valence-electron chi connectivity index (χ2n) is 4.36. The first kappa shape index (κ1) is 14.6. The molecule has 0 spiro atoms. The smallest absolute Gasteiger partial charge is 0.252 e. The molecule has 0 aliphatic carbocycles. The van der Waals surface area contributed by atoms with Crippen molar-refractivity contribution in [1.29, 1.82) is 0 Å². The Morgan fingerprint density at radius 1 is 1.05 bits per heavy atom. The number of benzene rings is 2. The van der Waals surface area contributed by atoms with Gasteiger partial charge in [-0.1, -0.05) is 30.3 Å². The zero-order valence-corrected chi connectivity index (χ0v) is 11.5. The molecule has 0 saturated carbocycles. The Kier molecular flexibility index (Phi) is 4.56. The molecule has 5 nitrogen and oxygen atoms in total. The van der Waals surface area contributed by atoms with Crippen molar-refractivity contribution < 1.29 is 19.4 Å². The molecule has 5 heteroatoms. The van der Waals surface area contributed by atoms with Crippen molar-refractivity contribution in [2.24, 2.45) is 0 Å². The van der Waals surface area contributed by atoms with Crippen LogP contribution in [0.2, 0.25) is 0 Å². The standard InChI is InChI=1S/C16H15NO4/c1-21-12-8-6-11(7-9-12)10-17-15(18)13-4-2-3-5-14(13)16(19)20/h2-9H,10H2,1H3,(H,17,18)(H,19,20)/p-1. The summed E-state index contributed by atoms with van der Waals surface area (Å²) < 4.78 is 5.05. The van der Waals surface area contributed by atoms with Gasteiger partial charge in [-0.2, -0.15) is 0 Å². The van der Waals surface area contributed by atoms with Crippen LogP contribution in [-0.4, -0.2) is 19.0 Å². The lowest BCUT2D eigenvalue weighted by atomic mass is 10.1. The van der Waals surface area contributed by atoms with E-state index >= 15 is 0 Å². The fraction of sp³-hybridized carbons (Fsp3) is 0.125. The number of nitrogens with one attached hydrogen (secondary N) is 1. The number of carboxylic acids is 1. The van der Waals surface area contributed by atoms with E-state index in [1.165, 1.54) is 12.1 Å². The van der Waals surface area contributed by atoms with Gasteiger partial charge < -0.3 is 20.0 Å². The van der Waals surface area contributed by atoms with Crippen molar-refractivity contribution in [1.82, 2.24) is 5.32 Å². The first-order valence-electron chi connectivity index (χ1n) is 6.33. The second-order valence-corrected chi connectivity index (χ2v) is 4.36. The highest BCUT2D eigenvalue weighted by molar-refractivity contribution is 6.04. The molecule has 1 amide bonds. The average molecular weight is 284 g/mol. The van der Waals surface area contributed by atoms with Crippen LogP contribution < -0.4 is 15.2 Å². The molecule has 108 valence electrons. The van der Waals surface area contributed by atoms with Gasteiger partial charge in [0.05, 0.1) is 13.1 Å². The quantitative estimate of drug-likeness (QED) is 0.888. The number of aromatic carboxylic acids is 1. The minimum absolute atomic E-state index is 0.0889. The van der Waals surface area contributed by atoms with Crippen LogP contribution in [0, 0.1) is 0 Å². The number of carbonyl (C=O) groups is 2. The number of amides is 1. The topological polar surface area (TPSA) is 78.5 Å². The van der Waals surface area contributed by atoms with Crippen molar-refractivity contribution in [2.45, 2.75) is 6.54 Å². The monoisotopic (exact) mass is 284 g/mol. The zero-order chi connectivity index (χ0) is 15.2. The lowest BCUT2D eigenvalue weighted by Crippen LogP contribution is -2.29. The fourth-order valence-corrected chi connectivity index (χ4v) is 1.88. The van der Waals surface area contributed by atoms with Crippen molar-refractivity contribution in [3.8, 4) is 5.75 Å². The molecular weight excluding hydrogens is 270 g/mol. The Bertz CT molecular complexity index is 650. The maximum absolute atomic E-state index is 12.0. The van der Waals surface area contributed by atoms with Crippen LogP contribution in [0.25, 0.3) is 0 Å². The van der Waals surface area contributed by atoms with Gasteiger partial charge in [0.2, 0.25) is 0 Å². The van der Waals surface area contributed by atoms with Gasteiger partial charge in [0.25, 0.3) is 5.91 Å². The second kappa shape index (κ2) is 6.56. The van der Waals surface area contributed by atoms with Crippen LogP contribution in [-0.2, 0) is 6.54 Å². The molecule has 2 aromatic rings. The molecule has 0 fully saturated rings. The van der Waals surface area contributed by atoms with E-state index < -0.39 is 11.9 Å². The van der Waals surface area contributed by atoms with E-state index in [4.69, 9.17) is 4.74 Å². The molecule has 0 aliphatic heterocycles. The molecule has 2 rings (SSSR count). The third-order valence-corrected chi connectivity index (χ3v) is 3.00. The van der Waals surface area contributed by atoms with Gasteiger partial charge >= 0.3 is 0 Å². The third kappa shape index (κ3) is 3.60. The van der Waals surface area contributed by atoms with Gasteiger partial charge in [-0.05, 0) is 23.8 Å². The maximum Gasteiger partial charge on any atom is 0.252 e. The van der Waals surface area contributed by atoms with Crippen molar-refractivity contribution >= 4 is 11.9 Å². The molecule has 1 N–H and O–H groups in total. The fourth-order valence-electron chi connectivity index (χ4n) is 1.88. The number of hydrogen-bond donors (Lipinski definition) is 1. The molecule has 0 radical (unpaired) electrons. The summed E-state index contributed by atoms with van der Waals surface area (Å²) in [6, 6.07) is 13.2. The van der Waals surface area contributed by atoms with E-state index in [0.29, 0.717) is 6.54 Å². The predicted molar refractivity (Wildman–Crippen MR) is 74.9 cm³/mol. The van der Waals surface area contributed by atoms with Gasteiger partial charge in [-0.25, -0.2) is 0 Å². The van der Waals surface area contributed by atoms with E-state index in [-0.39, 0.29) is 11.1 Å². The first-order valence-corrected chi connectivity index (χ1v) is 6.33. The van der Waals surface area contributed by atoms with E-state index in [1.54, 1.807) is 31.4 Å². The third-order valence-electron chi connectivity index (χ3n) is 3.00. The molecule has 0 bridgehead atoms. The highest BCUT2D eigenvalue weighted by Gasteiger charge is 2.11. The highest BCUT2D eigenvalue weighted by atomic mass is 16.5. The zero-order valence-electron chi connectivity index (χ0n) is 11.5. The lowest BCUT2D eigenvalue weighted by molar-refractivity contribution is -0.255. The highest BCUT2D eigenvalue weighted by Crippen LogP contribution is 2.12. The van der Waals surface area contributed by atoms with E-state index in [0.717, 1.165) is 11.3 Å². The molecule has 0 aliphatic rings. The number of methoxy groups -OCH3 is 1. The van der Waals surface area contributed by atoms with Crippen LogP contribution in [0.1, 0.15) is 26.3 Å². The number of carboxylic acid groups (broad SMARTS) is 1. The number of rotatable bonds is 5. The van der Waals surface area contributed by atoms with Crippen LogP contribution in [0.15, 0.2) is 48.5 Å². The summed E-state index contributed by atoms with van der Waals surface area (Å²) in [6.45, 7) is 0.296. The summed E-state index contributed by atoms with van der Waals surface area (Å²) in [5.74, 6) is -1.09. The molecule has 0 unspecified atom stereocenters. The van der Waals surface area contributed by atoms with E-state index in [2.05, 4.69) is 5.32 Å². The first-order chi connectivity index (χ1) is 10.1. The number of ether oxygens (including phenoxy) is 1. The van der Waals surface area contributed by atoms with E-state index in [9.17, 15) is 14.7 Å². The van der Waals surface area contributed by atoms with Crippen LogP contribution >= 0.6 is 0 Å². The predicted octanol–water partition coefficient (Wildman–Crippen LogP) is 0.989. The number of hydrogen-bond acceptors (Lipinski definition) is 4. The molecule has 0 aromatic heterocycles. The normalized spacial score (nSPS) is 9.95. The SMILES string of the molecule is COc1ccc(CNC(=O)c2ccccc2C(=O)[O-])cc1. The minimum Gasteiger partial charge on any atom is -0.545 e. The van der Waals surface area contributed by atoms with Crippen molar-refractivity contribution in [2.75, 3.05) is 7.11 Å². The Labute approximate surface area is 122 Å². The van der Waals surface area contributed by atoms with Crippen LogP contribution in [0.4, 0.5) is 0 Å². The summed E-state index contributed by atoms with van der Waals surface area (Å²) in [7, 11) is 1.58. The van der Waals surface area contributed by atoms with Crippen LogP contribution in [0.3, 0.4) is 0 Å². The van der Waals surface area contributed by atoms with Gasteiger partial charge in [0, 0.05) is 17.7 Å². The lowest BCUT2D eigenvalue weighted by Gasteiger charge is -2.11. The molecule has 0 atom stereocenters. The molecular formula is C16H14NO4-. The largest absolute Gasteiger partial charge is 0.545 e. The summed E-state index contributed by atoms with van der Waals surface area (Å²) in [6.07, 6.45) is 0. The van der Waals surface area contributed by atoms with Gasteiger partial charge in [0.15, 0.2) is 0 Å². The van der Waals surface area contributed by atoms with Gasteiger partial charge in [0.1, 0.15) is 5.75 Å². The molecule has 21 heavy (non-hydrogen) atoms. The van der Waals surface area contributed by atoms with Crippen LogP contribution in [0.5, 0.6) is 5.75 Å². The Morgan fingerprint density at radius 2 is 1.67 bits per heavy atom.